The van der Waals surface area contributed by atoms with Crippen LogP contribution < -0.4 is 10.6 Å². The summed E-state index contributed by atoms with van der Waals surface area (Å²) in [7, 11) is 0. The number of nitrogens with one attached hydrogen (secondary N) is 2. The van der Waals surface area contributed by atoms with Crippen molar-refractivity contribution in [2.24, 2.45) is 0 Å². The number of rotatable bonds is 5. The quantitative estimate of drug-likeness (QED) is 0.638. The molecule has 116 valence electrons. The van der Waals surface area contributed by atoms with E-state index in [1.165, 1.54) is 23.3 Å². The monoisotopic (exact) mass is 320 g/mol. The van der Waals surface area contributed by atoms with E-state index in [9.17, 15) is 8.78 Å². The number of benzene rings is 2. The molecule has 0 bridgehead atoms. The second kappa shape index (κ2) is 7.84. The molecule has 0 unspecified atom stereocenters. The number of hydrogen-bond acceptors (Lipinski definition) is 1. The fourth-order valence-corrected chi connectivity index (χ4v) is 2.33. The van der Waals surface area contributed by atoms with Crippen molar-refractivity contribution in [3.8, 4) is 0 Å². The topological polar surface area (TPSA) is 24.1 Å². The summed E-state index contributed by atoms with van der Waals surface area (Å²) >= 11 is 5.10. The number of anilines is 1. The number of hydrogen-bond donors (Lipinski definition) is 2. The minimum absolute atomic E-state index is 0.164. The molecule has 2 aromatic rings. The Labute approximate surface area is 134 Å². The van der Waals surface area contributed by atoms with Crippen molar-refractivity contribution in [1.82, 2.24) is 5.32 Å². The van der Waals surface area contributed by atoms with Crippen molar-refractivity contribution in [1.29, 1.82) is 0 Å². The van der Waals surface area contributed by atoms with Crippen LogP contribution in [0.1, 0.15) is 17.5 Å². The summed E-state index contributed by atoms with van der Waals surface area (Å²) in [6, 6.07) is 11.7. The molecule has 0 aliphatic rings. The summed E-state index contributed by atoms with van der Waals surface area (Å²) in [5.41, 5.74) is 2.69. The molecule has 0 aliphatic heterocycles. The van der Waals surface area contributed by atoms with Crippen LogP contribution in [0.2, 0.25) is 0 Å². The molecule has 0 heterocycles. The molecule has 0 amide bonds. The minimum atomic E-state index is -0.663. The Hall–Kier alpha value is -2.01. The molecule has 0 spiro atoms. The van der Waals surface area contributed by atoms with Gasteiger partial charge in [-0.1, -0.05) is 29.8 Å². The van der Waals surface area contributed by atoms with Crippen LogP contribution in [-0.2, 0) is 6.42 Å². The predicted octanol–water partition coefficient (Wildman–Crippen LogP) is 4.19. The van der Waals surface area contributed by atoms with Crippen molar-refractivity contribution in [2.45, 2.75) is 19.8 Å². The normalized spacial score (nSPS) is 10.3. The van der Waals surface area contributed by atoms with Crippen molar-refractivity contribution < 1.29 is 8.78 Å². The Kier molecular flexibility index (Phi) is 5.83. The Morgan fingerprint density at radius 2 is 1.95 bits per heavy atom. The lowest BCUT2D eigenvalue weighted by molar-refractivity contribution is 0.586. The molecule has 0 radical (unpaired) electrons. The van der Waals surface area contributed by atoms with Crippen LogP contribution in [0.3, 0.4) is 0 Å². The molecule has 0 fully saturated rings. The standard InChI is InChI=1S/C17H18F2N2S/c1-12-4-2-5-13(10-12)6-3-9-20-17(22)21-16-8-7-14(18)11-15(16)19/h2,4-5,7-8,10-11H,3,6,9H2,1H3,(H2,20,21,22). The minimum Gasteiger partial charge on any atom is -0.362 e. The maximum absolute atomic E-state index is 13.5. The highest BCUT2D eigenvalue weighted by atomic mass is 32.1. The first kappa shape index (κ1) is 16.4. The van der Waals surface area contributed by atoms with E-state index in [-0.39, 0.29) is 5.69 Å². The third-order valence-corrected chi connectivity index (χ3v) is 3.44. The predicted molar refractivity (Wildman–Crippen MR) is 90.1 cm³/mol. The summed E-state index contributed by atoms with van der Waals surface area (Å²) in [5.74, 6) is -1.27. The first-order valence-electron chi connectivity index (χ1n) is 7.10. The van der Waals surface area contributed by atoms with Gasteiger partial charge in [0.2, 0.25) is 0 Å². The highest BCUT2D eigenvalue weighted by Crippen LogP contribution is 2.14. The van der Waals surface area contributed by atoms with Gasteiger partial charge < -0.3 is 10.6 Å². The maximum atomic E-state index is 13.5. The molecule has 5 heteroatoms. The SMILES string of the molecule is Cc1cccc(CCCNC(=S)Nc2ccc(F)cc2F)c1. The Balaban J connectivity index is 1.74. The van der Waals surface area contributed by atoms with Crippen LogP contribution in [0, 0.1) is 18.6 Å². The summed E-state index contributed by atoms with van der Waals surface area (Å²) in [5, 5.41) is 6.07. The second-order valence-corrected chi connectivity index (χ2v) is 5.51. The summed E-state index contributed by atoms with van der Waals surface area (Å²) in [6.07, 6.45) is 1.86. The largest absolute Gasteiger partial charge is 0.362 e. The molecule has 0 atom stereocenters. The molecule has 0 saturated heterocycles. The molecular formula is C17H18F2N2S. The first-order valence-corrected chi connectivity index (χ1v) is 7.51. The third-order valence-electron chi connectivity index (χ3n) is 3.19. The van der Waals surface area contributed by atoms with Gasteiger partial charge >= 0.3 is 0 Å². The fourth-order valence-electron chi connectivity index (χ4n) is 2.12. The van der Waals surface area contributed by atoms with Gasteiger partial charge in [-0.3, -0.25) is 0 Å². The van der Waals surface area contributed by atoms with Crippen LogP contribution >= 0.6 is 12.2 Å². The lowest BCUT2D eigenvalue weighted by Gasteiger charge is -2.11. The number of aryl methyl sites for hydroxylation is 2. The van der Waals surface area contributed by atoms with Crippen molar-refractivity contribution in [3.05, 3.63) is 65.2 Å². The van der Waals surface area contributed by atoms with E-state index in [2.05, 4.69) is 35.8 Å². The number of halogens is 2. The van der Waals surface area contributed by atoms with Gasteiger partial charge in [-0.15, -0.1) is 0 Å². The Morgan fingerprint density at radius 1 is 1.14 bits per heavy atom. The fraction of sp³-hybridized carbons (Fsp3) is 0.235. The van der Waals surface area contributed by atoms with E-state index >= 15 is 0 Å². The zero-order valence-corrected chi connectivity index (χ0v) is 13.1. The Bertz CT molecular complexity index is 659. The van der Waals surface area contributed by atoms with Gasteiger partial charge in [-0.2, -0.15) is 0 Å². The van der Waals surface area contributed by atoms with E-state index in [0.29, 0.717) is 11.7 Å². The number of thiocarbonyl (C=S) groups is 1. The van der Waals surface area contributed by atoms with Crippen molar-refractivity contribution >= 4 is 23.0 Å². The highest BCUT2D eigenvalue weighted by Gasteiger charge is 2.05. The van der Waals surface area contributed by atoms with Crippen LogP contribution in [0.5, 0.6) is 0 Å². The molecular weight excluding hydrogens is 302 g/mol. The summed E-state index contributed by atoms with van der Waals surface area (Å²) < 4.78 is 26.3. The smallest absolute Gasteiger partial charge is 0.170 e. The van der Waals surface area contributed by atoms with E-state index in [0.717, 1.165) is 18.9 Å². The van der Waals surface area contributed by atoms with Crippen LogP contribution in [0.15, 0.2) is 42.5 Å². The van der Waals surface area contributed by atoms with Gasteiger partial charge in [0, 0.05) is 12.6 Å². The van der Waals surface area contributed by atoms with Crippen LogP contribution in [-0.4, -0.2) is 11.7 Å². The molecule has 2 aromatic carbocycles. The molecule has 22 heavy (non-hydrogen) atoms. The molecule has 2 nitrogen and oxygen atoms in total. The zero-order valence-electron chi connectivity index (χ0n) is 12.3. The Morgan fingerprint density at radius 3 is 2.68 bits per heavy atom. The maximum Gasteiger partial charge on any atom is 0.170 e. The van der Waals surface area contributed by atoms with Gasteiger partial charge in [-0.25, -0.2) is 8.78 Å². The van der Waals surface area contributed by atoms with E-state index < -0.39 is 11.6 Å². The average molecular weight is 320 g/mol. The van der Waals surface area contributed by atoms with Gasteiger partial charge in [0.05, 0.1) is 5.69 Å². The van der Waals surface area contributed by atoms with E-state index in [1.54, 1.807) is 0 Å². The molecule has 2 N–H and O–H groups in total. The third kappa shape index (κ3) is 5.07. The van der Waals surface area contributed by atoms with Crippen molar-refractivity contribution in [2.75, 3.05) is 11.9 Å². The zero-order chi connectivity index (χ0) is 15.9. The molecule has 0 aromatic heterocycles. The van der Waals surface area contributed by atoms with Gasteiger partial charge in [0.15, 0.2) is 5.11 Å². The molecule has 2 rings (SSSR count). The second-order valence-electron chi connectivity index (χ2n) is 5.10. The summed E-state index contributed by atoms with van der Waals surface area (Å²) in [6.45, 7) is 2.75. The van der Waals surface area contributed by atoms with Crippen LogP contribution in [0.25, 0.3) is 0 Å². The molecule has 0 saturated carbocycles. The molecule has 0 aliphatic carbocycles. The summed E-state index contributed by atoms with van der Waals surface area (Å²) in [4.78, 5) is 0. The van der Waals surface area contributed by atoms with Gasteiger partial charge in [-0.05, 0) is 49.7 Å². The lowest BCUT2D eigenvalue weighted by atomic mass is 10.1. The van der Waals surface area contributed by atoms with Gasteiger partial charge in [0.1, 0.15) is 11.6 Å². The average Bonchev–Trinajstić information content (AvgIpc) is 2.47. The van der Waals surface area contributed by atoms with Crippen molar-refractivity contribution in [3.63, 3.8) is 0 Å². The highest BCUT2D eigenvalue weighted by molar-refractivity contribution is 7.80. The van der Waals surface area contributed by atoms with E-state index in [1.807, 2.05) is 6.07 Å². The van der Waals surface area contributed by atoms with Gasteiger partial charge in [0.25, 0.3) is 0 Å². The van der Waals surface area contributed by atoms with E-state index in [4.69, 9.17) is 12.2 Å². The first-order chi connectivity index (χ1) is 10.5. The van der Waals surface area contributed by atoms with Crippen LogP contribution in [0.4, 0.5) is 14.5 Å². The lowest BCUT2D eigenvalue weighted by Crippen LogP contribution is -2.29.